The molecule has 2 saturated heterocycles. The number of hydrogen-bond acceptors (Lipinski definition) is 16. The number of aliphatic hydroxyl groups excluding tert-OH is 1. The lowest BCUT2D eigenvalue weighted by Gasteiger charge is -2.48. The fourth-order valence-electron chi connectivity index (χ4n) is 5.26. The van der Waals surface area contributed by atoms with Crippen molar-refractivity contribution in [3.05, 3.63) is 35.9 Å². The van der Waals surface area contributed by atoms with E-state index in [1.54, 1.807) is 0 Å². The van der Waals surface area contributed by atoms with Gasteiger partial charge in [0, 0.05) is 41.5 Å². The molecule has 10 atom stereocenters. The van der Waals surface area contributed by atoms with Gasteiger partial charge in [-0.1, -0.05) is 30.3 Å². The second-order valence-corrected chi connectivity index (χ2v) is 11.0. The molecule has 17 heteroatoms. The molecule has 1 amide bonds. The fraction of sp³-hybridized carbons (Fsp3) is 0.613. The van der Waals surface area contributed by atoms with E-state index in [1.165, 1.54) is 6.92 Å². The van der Waals surface area contributed by atoms with Crippen molar-refractivity contribution >= 4 is 35.8 Å². The zero-order chi connectivity index (χ0) is 35.5. The third-order valence-electron chi connectivity index (χ3n) is 6.97. The van der Waals surface area contributed by atoms with Crippen molar-refractivity contribution < 1.29 is 76.5 Å². The van der Waals surface area contributed by atoms with Gasteiger partial charge in [0.25, 0.3) is 0 Å². The minimum absolute atomic E-state index is 0.107. The average molecular weight is 684 g/mol. The van der Waals surface area contributed by atoms with Crippen LogP contribution in [-0.4, -0.2) is 115 Å². The summed E-state index contributed by atoms with van der Waals surface area (Å²) in [6.07, 6.45) is -13.5. The summed E-state index contributed by atoms with van der Waals surface area (Å²) in [5.74, 6) is -4.70. The maximum Gasteiger partial charge on any atom is 0.303 e. The molecule has 17 nitrogen and oxygen atoms in total. The summed E-state index contributed by atoms with van der Waals surface area (Å²) >= 11 is 0. The van der Waals surface area contributed by atoms with Crippen molar-refractivity contribution in [1.82, 2.24) is 5.32 Å². The molecule has 2 heterocycles. The van der Waals surface area contributed by atoms with Crippen LogP contribution in [0.5, 0.6) is 0 Å². The molecule has 2 N–H and O–H groups in total. The molecule has 0 aromatic heterocycles. The predicted octanol–water partition coefficient (Wildman–Crippen LogP) is -0.175. The molecule has 0 spiro atoms. The van der Waals surface area contributed by atoms with Crippen LogP contribution in [0, 0.1) is 0 Å². The van der Waals surface area contributed by atoms with Crippen molar-refractivity contribution in [2.24, 2.45) is 0 Å². The zero-order valence-electron chi connectivity index (χ0n) is 27.4. The van der Waals surface area contributed by atoms with Crippen LogP contribution < -0.4 is 5.32 Å². The first-order valence-corrected chi connectivity index (χ1v) is 15.0. The molecule has 3 rings (SSSR count). The first-order chi connectivity index (χ1) is 22.7. The van der Waals surface area contributed by atoms with Crippen molar-refractivity contribution in [2.45, 2.75) is 109 Å². The van der Waals surface area contributed by atoms with Crippen LogP contribution in [0.1, 0.15) is 47.1 Å². The standard InChI is InChI=1S/C31H41NO16/c1-15(33)32-24-27(43-18(4)36)25(22(46-30(24)39)13-40-12-21-10-8-7-9-11-21)48-31-29(45-20(6)38)28(44-19(5)37)26(42-17(3)35)23(47-31)14-41-16(2)34/h7-11,22-31,39H,12-14H2,1-6H3,(H,32,33)/t22-,23-,24-,25-,26-,27-,28+,29-,30+,31+/m1/s1. The van der Waals surface area contributed by atoms with Gasteiger partial charge in [0.2, 0.25) is 5.91 Å². The third kappa shape index (κ3) is 11.2. The summed E-state index contributed by atoms with van der Waals surface area (Å²) in [4.78, 5) is 72.8. The Hall–Kier alpha value is -4.16. The second kappa shape index (κ2) is 17.8. The molecule has 1 aromatic carbocycles. The Labute approximate surface area is 276 Å². The van der Waals surface area contributed by atoms with Gasteiger partial charge in [-0.3, -0.25) is 28.8 Å². The molecular weight excluding hydrogens is 642 g/mol. The van der Waals surface area contributed by atoms with Crippen LogP contribution in [0.15, 0.2) is 30.3 Å². The normalized spacial score (nSPS) is 29.9. The Morgan fingerprint density at radius 3 is 1.77 bits per heavy atom. The van der Waals surface area contributed by atoms with Crippen molar-refractivity contribution in [3.63, 3.8) is 0 Å². The molecule has 48 heavy (non-hydrogen) atoms. The Morgan fingerprint density at radius 2 is 1.21 bits per heavy atom. The maximum absolute atomic E-state index is 12.3. The van der Waals surface area contributed by atoms with E-state index in [1.807, 2.05) is 30.3 Å². The first kappa shape index (κ1) is 38.3. The van der Waals surface area contributed by atoms with Crippen LogP contribution in [0.25, 0.3) is 0 Å². The molecule has 0 unspecified atom stereocenters. The second-order valence-electron chi connectivity index (χ2n) is 11.0. The molecule has 2 aliphatic rings. The Kier molecular flexibility index (Phi) is 14.2. The molecular formula is C31H41NO16. The predicted molar refractivity (Wildman–Crippen MR) is 157 cm³/mol. The van der Waals surface area contributed by atoms with Gasteiger partial charge in [0.05, 0.1) is 13.2 Å². The van der Waals surface area contributed by atoms with E-state index >= 15 is 0 Å². The van der Waals surface area contributed by atoms with E-state index in [0.717, 1.165) is 40.2 Å². The zero-order valence-corrected chi connectivity index (χ0v) is 27.4. The third-order valence-corrected chi connectivity index (χ3v) is 6.97. The van der Waals surface area contributed by atoms with Crippen LogP contribution in [0.3, 0.4) is 0 Å². The summed E-state index contributed by atoms with van der Waals surface area (Å²) in [7, 11) is 0. The van der Waals surface area contributed by atoms with E-state index in [2.05, 4.69) is 5.32 Å². The molecule has 0 radical (unpaired) electrons. The SMILES string of the molecule is CC(=O)N[C@@H]1[C@@H](OC(C)=O)[C@H](O[C@@H]2O[C@H](COC(C)=O)[C@@H](OC(C)=O)[C@H](OC(C)=O)[C@H]2OC(C)=O)[C@@H](COCc2ccccc2)O[C@@H]1O. The van der Waals surface area contributed by atoms with Gasteiger partial charge in [-0.15, -0.1) is 0 Å². The van der Waals surface area contributed by atoms with E-state index in [4.69, 9.17) is 42.6 Å². The summed E-state index contributed by atoms with van der Waals surface area (Å²) in [6, 6.07) is 7.71. The number of aliphatic hydroxyl groups is 1. The first-order valence-electron chi connectivity index (χ1n) is 15.0. The summed E-state index contributed by atoms with van der Waals surface area (Å²) < 4.78 is 51.0. The van der Waals surface area contributed by atoms with Gasteiger partial charge in [0.1, 0.15) is 31.0 Å². The molecule has 2 fully saturated rings. The highest BCUT2D eigenvalue weighted by Crippen LogP contribution is 2.34. The largest absolute Gasteiger partial charge is 0.463 e. The number of nitrogens with one attached hydrogen (secondary N) is 1. The Morgan fingerprint density at radius 1 is 0.667 bits per heavy atom. The molecule has 0 aliphatic carbocycles. The van der Waals surface area contributed by atoms with Gasteiger partial charge in [-0.25, -0.2) is 0 Å². The highest BCUT2D eigenvalue weighted by atomic mass is 16.8. The van der Waals surface area contributed by atoms with Crippen molar-refractivity contribution in [3.8, 4) is 0 Å². The van der Waals surface area contributed by atoms with Gasteiger partial charge in [0.15, 0.2) is 37.0 Å². The van der Waals surface area contributed by atoms with E-state index in [9.17, 15) is 33.9 Å². The van der Waals surface area contributed by atoms with Crippen LogP contribution in [-0.2, 0) is 78.0 Å². The number of hydrogen-bond donors (Lipinski definition) is 2. The number of benzene rings is 1. The topological polar surface area (TPSA) is 218 Å². The number of carbonyl (C=O) groups is 6. The lowest BCUT2D eigenvalue weighted by atomic mass is 9.95. The maximum atomic E-state index is 12.3. The average Bonchev–Trinajstić information content (AvgIpc) is 2.98. The fourth-order valence-corrected chi connectivity index (χ4v) is 5.26. The van der Waals surface area contributed by atoms with Crippen molar-refractivity contribution in [2.75, 3.05) is 13.2 Å². The number of ether oxygens (including phenoxy) is 9. The minimum atomic E-state index is -1.71. The highest BCUT2D eigenvalue weighted by Gasteiger charge is 2.56. The smallest absolute Gasteiger partial charge is 0.303 e. The Balaban J connectivity index is 2.07. The summed E-state index contributed by atoms with van der Waals surface area (Å²) in [5.41, 5.74) is 0.804. The number of amides is 1. The minimum Gasteiger partial charge on any atom is -0.463 e. The van der Waals surface area contributed by atoms with Crippen LogP contribution in [0.4, 0.5) is 0 Å². The molecule has 0 saturated carbocycles. The van der Waals surface area contributed by atoms with Gasteiger partial charge in [-0.2, -0.15) is 0 Å². The number of esters is 5. The number of rotatable bonds is 13. The van der Waals surface area contributed by atoms with Gasteiger partial charge < -0.3 is 53.1 Å². The van der Waals surface area contributed by atoms with E-state index in [-0.39, 0.29) is 13.2 Å². The van der Waals surface area contributed by atoms with E-state index in [0.29, 0.717) is 0 Å². The number of carbonyl (C=O) groups excluding carboxylic acids is 6. The lowest BCUT2D eigenvalue weighted by Crippen LogP contribution is -2.68. The molecule has 2 aliphatic heterocycles. The summed E-state index contributed by atoms with van der Waals surface area (Å²) in [5, 5.41) is 13.4. The lowest BCUT2D eigenvalue weighted by molar-refractivity contribution is -0.348. The van der Waals surface area contributed by atoms with Crippen LogP contribution >= 0.6 is 0 Å². The van der Waals surface area contributed by atoms with Crippen LogP contribution in [0.2, 0.25) is 0 Å². The van der Waals surface area contributed by atoms with Gasteiger partial charge >= 0.3 is 29.8 Å². The molecule has 266 valence electrons. The van der Waals surface area contributed by atoms with Gasteiger partial charge in [-0.05, 0) is 5.56 Å². The molecule has 0 bridgehead atoms. The summed E-state index contributed by atoms with van der Waals surface area (Å²) in [6.45, 7) is 5.91. The van der Waals surface area contributed by atoms with E-state index < -0.39 is 104 Å². The van der Waals surface area contributed by atoms with Crippen molar-refractivity contribution in [1.29, 1.82) is 0 Å². The monoisotopic (exact) mass is 683 g/mol. The Bertz CT molecular complexity index is 1290. The molecule has 1 aromatic rings. The quantitative estimate of drug-likeness (QED) is 0.204. The highest BCUT2D eigenvalue weighted by molar-refractivity contribution is 5.73.